The van der Waals surface area contributed by atoms with Gasteiger partial charge in [0.15, 0.2) is 17.3 Å². The molecule has 0 aliphatic heterocycles. The van der Waals surface area contributed by atoms with Gasteiger partial charge in [-0.3, -0.25) is 0 Å². The number of rotatable bonds is 3. The van der Waals surface area contributed by atoms with Crippen molar-refractivity contribution in [3.8, 4) is 11.8 Å². The summed E-state index contributed by atoms with van der Waals surface area (Å²) in [6, 6.07) is 6.84. The number of carboxylic acids is 1. The Kier molecular flexibility index (Phi) is 3.18. The van der Waals surface area contributed by atoms with Gasteiger partial charge in [-0.15, -0.1) is 0 Å². The lowest BCUT2D eigenvalue weighted by Gasteiger charge is -2.06. The maximum absolute atomic E-state index is 13.3. The second-order valence-electron chi connectivity index (χ2n) is 3.51. The van der Waals surface area contributed by atoms with Crippen molar-refractivity contribution in [2.24, 2.45) is 0 Å². The number of aromatic carboxylic acids is 1. The minimum Gasteiger partial charge on any atom is -0.477 e. The fraction of sp³-hybridized carbons (Fsp3) is 0.0833. The minimum atomic E-state index is -1.20. The predicted octanol–water partition coefficient (Wildman–Crippen LogP) is 2.41. The number of benzene rings is 1. The molecular weight excluding hydrogens is 239 g/mol. The van der Waals surface area contributed by atoms with Crippen molar-refractivity contribution in [1.82, 2.24) is 9.97 Å². The molecule has 5 nitrogen and oxygen atoms in total. The Hall–Kier alpha value is -2.50. The van der Waals surface area contributed by atoms with Crippen LogP contribution in [-0.4, -0.2) is 21.0 Å². The molecule has 0 aliphatic carbocycles. The van der Waals surface area contributed by atoms with Crippen LogP contribution in [0.1, 0.15) is 16.2 Å². The van der Waals surface area contributed by atoms with E-state index in [2.05, 4.69) is 9.97 Å². The Bertz CT molecular complexity index is 602. The molecule has 0 unspecified atom stereocenters. The second-order valence-corrected chi connectivity index (χ2v) is 3.51. The molecular formula is C12H9FN2O3. The Morgan fingerprint density at radius 1 is 1.33 bits per heavy atom. The molecule has 1 aromatic carbocycles. The van der Waals surface area contributed by atoms with Crippen LogP contribution in [0.3, 0.4) is 0 Å². The summed E-state index contributed by atoms with van der Waals surface area (Å²) >= 11 is 0. The van der Waals surface area contributed by atoms with E-state index in [1.54, 1.807) is 13.0 Å². The van der Waals surface area contributed by atoms with Gasteiger partial charge in [0, 0.05) is 5.69 Å². The third-order valence-electron chi connectivity index (χ3n) is 2.09. The van der Waals surface area contributed by atoms with E-state index in [4.69, 9.17) is 9.84 Å². The third-order valence-corrected chi connectivity index (χ3v) is 2.09. The van der Waals surface area contributed by atoms with E-state index in [0.717, 1.165) is 0 Å². The summed E-state index contributed by atoms with van der Waals surface area (Å²) in [6.45, 7) is 1.60. The van der Waals surface area contributed by atoms with E-state index in [9.17, 15) is 9.18 Å². The van der Waals surface area contributed by atoms with Crippen LogP contribution in [0.2, 0.25) is 0 Å². The van der Waals surface area contributed by atoms with Gasteiger partial charge in [0.2, 0.25) is 0 Å². The van der Waals surface area contributed by atoms with Crippen molar-refractivity contribution >= 4 is 5.97 Å². The summed E-state index contributed by atoms with van der Waals surface area (Å²) in [6.07, 6.45) is 0. The van der Waals surface area contributed by atoms with Crippen molar-refractivity contribution in [3.63, 3.8) is 0 Å². The first-order valence-electron chi connectivity index (χ1n) is 5.07. The number of halogens is 1. The van der Waals surface area contributed by atoms with Crippen molar-refractivity contribution < 1.29 is 19.0 Å². The van der Waals surface area contributed by atoms with Crippen LogP contribution < -0.4 is 4.74 Å². The molecule has 0 aliphatic rings. The number of para-hydroxylation sites is 1. The molecule has 1 N–H and O–H groups in total. The number of ether oxygens (including phenoxy) is 1. The number of carboxylic acid groups (broad SMARTS) is 1. The van der Waals surface area contributed by atoms with Crippen LogP contribution in [0.4, 0.5) is 4.39 Å². The topological polar surface area (TPSA) is 72.3 Å². The summed E-state index contributed by atoms with van der Waals surface area (Å²) in [7, 11) is 0. The first kappa shape index (κ1) is 12.0. The highest BCUT2D eigenvalue weighted by atomic mass is 19.1. The number of hydrogen-bond donors (Lipinski definition) is 1. The van der Waals surface area contributed by atoms with Crippen LogP contribution >= 0.6 is 0 Å². The highest BCUT2D eigenvalue weighted by Crippen LogP contribution is 2.21. The molecule has 0 bridgehead atoms. The van der Waals surface area contributed by atoms with Gasteiger partial charge in [-0.1, -0.05) is 12.1 Å². The summed E-state index contributed by atoms with van der Waals surface area (Å²) in [5, 5.41) is 8.83. The zero-order valence-corrected chi connectivity index (χ0v) is 9.42. The molecule has 0 atom stereocenters. The maximum Gasteiger partial charge on any atom is 0.354 e. The molecule has 92 valence electrons. The van der Waals surface area contributed by atoms with Crippen LogP contribution in [0.5, 0.6) is 11.8 Å². The third kappa shape index (κ3) is 2.60. The average molecular weight is 248 g/mol. The Balaban J connectivity index is 2.35. The molecule has 0 spiro atoms. The van der Waals surface area contributed by atoms with Crippen LogP contribution in [-0.2, 0) is 0 Å². The van der Waals surface area contributed by atoms with E-state index in [0.29, 0.717) is 5.69 Å². The molecule has 0 saturated carbocycles. The number of aromatic nitrogens is 2. The van der Waals surface area contributed by atoms with Crippen molar-refractivity contribution in [3.05, 3.63) is 47.5 Å². The number of nitrogens with zero attached hydrogens (tertiary/aromatic N) is 2. The molecule has 0 radical (unpaired) electrons. The van der Waals surface area contributed by atoms with Crippen molar-refractivity contribution in [2.75, 3.05) is 0 Å². The van der Waals surface area contributed by atoms with E-state index in [1.807, 2.05) is 0 Å². The molecule has 2 rings (SSSR count). The fourth-order valence-corrected chi connectivity index (χ4v) is 1.32. The monoisotopic (exact) mass is 248 g/mol. The number of carbonyl (C=O) groups is 1. The number of hydrogen-bond acceptors (Lipinski definition) is 4. The normalized spacial score (nSPS) is 10.1. The Morgan fingerprint density at radius 2 is 2.06 bits per heavy atom. The quantitative estimate of drug-likeness (QED) is 0.902. The SMILES string of the molecule is Cc1cc(C(=O)O)nc(Oc2ccccc2F)n1. The van der Waals surface area contributed by atoms with Crippen molar-refractivity contribution in [2.45, 2.75) is 6.92 Å². The second kappa shape index (κ2) is 4.79. The van der Waals surface area contributed by atoms with Gasteiger partial charge >= 0.3 is 12.0 Å². The van der Waals surface area contributed by atoms with Gasteiger partial charge in [0.1, 0.15) is 0 Å². The molecule has 2 aromatic rings. The lowest BCUT2D eigenvalue weighted by Crippen LogP contribution is -2.04. The summed E-state index contributed by atoms with van der Waals surface area (Å²) in [5.74, 6) is -1.82. The zero-order chi connectivity index (χ0) is 13.1. The number of aryl methyl sites for hydroxylation is 1. The summed E-state index contributed by atoms with van der Waals surface area (Å²) in [4.78, 5) is 18.4. The van der Waals surface area contributed by atoms with Gasteiger partial charge in [0.05, 0.1) is 0 Å². The fourth-order valence-electron chi connectivity index (χ4n) is 1.32. The highest BCUT2D eigenvalue weighted by molar-refractivity contribution is 5.85. The standard InChI is InChI=1S/C12H9FN2O3/c1-7-6-9(11(16)17)15-12(14-7)18-10-5-3-2-4-8(10)13/h2-6H,1H3,(H,16,17). The lowest BCUT2D eigenvalue weighted by molar-refractivity contribution is 0.0689. The zero-order valence-electron chi connectivity index (χ0n) is 9.42. The van der Waals surface area contributed by atoms with E-state index in [1.165, 1.54) is 24.3 Å². The highest BCUT2D eigenvalue weighted by Gasteiger charge is 2.11. The Morgan fingerprint density at radius 3 is 2.72 bits per heavy atom. The first-order chi connectivity index (χ1) is 8.56. The molecule has 0 saturated heterocycles. The van der Waals surface area contributed by atoms with E-state index < -0.39 is 11.8 Å². The lowest BCUT2D eigenvalue weighted by atomic mass is 10.3. The summed E-state index contributed by atoms with van der Waals surface area (Å²) < 4.78 is 18.5. The van der Waals surface area contributed by atoms with Crippen LogP contribution in [0.15, 0.2) is 30.3 Å². The van der Waals surface area contributed by atoms with Crippen LogP contribution in [0.25, 0.3) is 0 Å². The van der Waals surface area contributed by atoms with Gasteiger partial charge < -0.3 is 9.84 Å². The predicted molar refractivity (Wildman–Crippen MR) is 60.2 cm³/mol. The van der Waals surface area contributed by atoms with Gasteiger partial charge in [-0.05, 0) is 25.1 Å². The van der Waals surface area contributed by atoms with E-state index >= 15 is 0 Å². The molecule has 1 heterocycles. The Labute approximate surface area is 102 Å². The molecule has 0 fully saturated rings. The smallest absolute Gasteiger partial charge is 0.354 e. The molecule has 1 aromatic heterocycles. The minimum absolute atomic E-state index is 0.0561. The van der Waals surface area contributed by atoms with Gasteiger partial charge in [-0.25, -0.2) is 14.2 Å². The molecule has 18 heavy (non-hydrogen) atoms. The molecule has 6 heteroatoms. The van der Waals surface area contributed by atoms with E-state index in [-0.39, 0.29) is 17.5 Å². The molecule has 0 amide bonds. The van der Waals surface area contributed by atoms with Crippen LogP contribution in [0, 0.1) is 12.7 Å². The average Bonchev–Trinajstić information content (AvgIpc) is 2.31. The van der Waals surface area contributed by atoms with Gasteiger partial charge in [-0.2, -0.15) is 4.98 Å². The van der Waals surface area contributed by atoms with Crippen molar-refractivity contribution in [1.29, 1.82) is 0 Å². The first-order valence-corrected chi connectivity index (χ1v) is 5.07. The summed E-state index contributed by atoms with van der Waals surface area (Å²) in [5.41, 5.74) is 0.225. The van der Waals surface area contributed by atoms with Gasteiger partial charge in [0.25, 0.3) is 0 Å². The largest absolute Gasteiger partial charge is 0.477 e. The maximum atomic E-state index is 13.3.